The molecule has 17 heavy (non-hydrogen) atoms. The van der Waals surface area contributed by atoms with Crippen molar-refractivity contribution in [2.45, 2.75) is 57.8 Å². The fourth-order valence-electron chi connectivity index (χ4n) is 1.88. The van der Waals surface area contributed by atoms with E-state index in [2.05, 4.69) is 12.2 Å². The highest BCUT2D eigenvalue weighted by Gasteiger charge is 1.97. The first kappa shape index (κ1) is 14.0. The van der Waals surface area contributed by atoms with Crippen molar-refractivity contribution >= 4 is 5.97 Å². The lowest BCUT2D eigenvalue weighted by Gasteiger charge is -2.02. The Kier molecular flexibility index (Phi) is 8.35. The first-order valence-corrected chi connectivity index (χ1v) is 6.88. The topological polar surface area (TPSA) is 26.3 Å². The maximum Gasteiger partial charge on any atom is 0.330 e. The highest BCUT2D eigenvalue weighted by molar-refractivity contribution is 5.81. The van der Waals surface area contributed by atoms with Gasteiger partial charge >= 0.3 is 5.97 Å². The van der Waals surface area contributed by atoms with Gasteiger partial charge in [0, 0.05) is 6.08 Å². The molecule has 0 atom stereocenters. The lowest BCUT2D eigenvalue weighted by Crippen LogP contribution is -2.02. The quantitative estimate of drug-likeness (QED) is 0.466. The number of allylic oxidation sites excluding steroid dienone is 3. The fraction of sp³-hybridized carbons (Fsp3) is 0.667. The van der Waals surface area contributed by atoms with E-state index in [1.165, 1.54) is 32.1 Å². The lowest BCUT2D eigenvalue weighted by molar-refractivity contribution is -0.137. The van der Waals surface area contributed by atoms with Crippen LogP contribution in [0.2, 0.25) is 0 Å². The van der Waals surface area contributed by atoms with Crippen LogP contribution in [-0.4, -0.2) is 12.6 Å². The summed E-state index contributed by atoms with van der Waals surface area (Å²) in [4.78, 5) is 11.3. The van der Waals surface area contributed by atoms with E-state index >= 15 is 0 Å². The number of rotatable bonds is 0. The molecular formula is C15H24O2. The Balaban J connectivity index is 2.26. The van der Waals surface area contributed by atoms with Crippen molar-refractivity contribution in [3.8, 4) is 0 Å². The molecule has 1 aliphatic heterocycles. The van der Waals surface area contributed by atoms with E-state index < -0.39 is 0 Å². The minimum absolute atomic E-state index is 0.187. The van der Waals surface area contributed by atoms with Crippen LogP contribution in [0.3, 0.4) is 0 Å². The van der Waals surface area contributed by atoms with E-state index in [1.54, 1.807) is 6.08 Å². The lowest BCUT2D eigenvalue weighted by atomic mass is 10.1. The van der Waals surface area contributed by atoms with Gasteiger partial charge in [0.15, 0.2) is 0 Å². The van der Waals surface area contributed by atoms with Crippen LogP contribution in [-0.2, 0) is 9.53 Å². The van der Waals surface area contributed by atoms with E-state index in [-0.39, 0.29) is 5.97 Å². The van der Waals surface area contributed by atoms with Gasteiger partial charge in [0.1, 0.15) is 0 Å². The standard InChI is InChI=1S/C15H24O2/c16-15-13-11-9-7-5-3-1-2-4-6-8-10-12-14-17-15/h1,3,11,13H,2,4-10,12,14H2/b3-1?,13-11+. The van der Waals surface area contributed by atoms with Crippen molar-refractivity contribution in [2.75, 3.05) is 6.61 Å². The molecule has 0 amide bonds. The van der Waals surface area contributed by atoms with Gasteiger partial charge in [-0.1, -0.05) is 37.5 Å². The third-order valence-corrected chi connectivity index (χ3v) is 2.92. The van der Waals surface area contributed by atoms with Gasteiger partial charge in [-0.2, -0.15) is 0 Å². The number of hydrogen-bond acceptors (Lipinski definition) is 2. The highest BCUT2D eigenvalue weighted by atomic mass is 16.5. The normalized spacial score (nSPS) is 22.9. The van der Waals surface area contributed by atoms with Crippen LogP contribution in [0.5, 0.6) is 0 Å². The molecule has 96 valence electrons. The predicted octanol–water partition coefficient (Wildman–Crippen LogP) is 4.17. The van der Waals surface area contributed by atoms with Gasteiger partial charge in [-0.25, -0.2) is 4.79 Å². The Hall–Kier alpha value is -1.05. The number of carbonyl (C=O) groups is 1. The second kappa shape index (κ2) is 10.1. The zero-order valence-corrected chi connectivity index (χ0v) is 10.7. The van der Waals surface area contributed by atoms with Crippen LogP contribution >= 0.6 is 0 Å². The Morgan fingerprint density at radius 1 is 0.765 bits per heavy atom. The van der Waals surface area contributed by atoms with Crippen LogP contribution in [0, 0.1) is 0 Å². The van der Waals surface area contributed by atoms with E-state index in [4.69, 9.17) is 4.74 Å². The summed E-state index contributed by atoms with van der Waals surface area (Å²) in [5, 5.41) is 0. The second-order valence-corrected chi connectivity index (χ2v) is 4.53. The summed E-state index contributed by atoms with van der Waals surface area (Å²) in [5.74, 6) is -0.187. The molecule has 0 N–H and O–H groups in total. The summed E-state index contributed by atoms with van der Waals surface area (Å²) in [6.45, 7) is 0.572. The third-order valence-electron chi connectivity index (χ3n) is 2.92. The molecule has 0 unspecified atom stereocenters. The smallest absolute Gasteiger partial charge is 0.330 e. The van der Waals surface area contributed by atoms with Gasteiger partial charge in [0.2, 0.25) is 0 Å². The average molecular weight is 236 g/mol. The summed E-state index contributed by atoms with van der Waals surface area (Å²) < 4.78 is 5.10. The molecule has 0 saturated carbocycles. The molecule has 0 fully saturated rings. The van der Waals surface area contributed by atoms with Gasteiger partial charge in [-0.3, -0.25) is 0 Å². The molecule has 1 heterocycles. The van der Waals surface area contributed by atoms with Crippen LogP contribution in [0.15, 0.2) is 24.3 Å². The van der Waals surface area contributed by atoms with Crippen molar-refractivity contribution < 1.29 is 9.53 Å². The summed E-state index contributed by atoms with van der Waals surface area (Å²) in [7, 11) is 0. The monoisotopic (exact) mass is 236 g/mol. The highest BCUT2D eigenvalue weighted by Crippen LogP contribution is 2.07. The van der Waals surface area contributed by atoms with Gasteiger partial charge in [0.05, 0.1) is 6.61 Å². The zero-order chi connectivity index (χ0) is 12.2. The zero-order valence-electron chi connectivity index (χ0n) is 10.7. The van der Waals surface area contributed by atoms with E-state index in [0.717, 1.165) is 25.7 Å². The number of ether oxygens (including phenoxy) is 1. The third kappa shape index (κ3) is 8.73. The summed E-state index contributed by atoms with van der Waals surface area (Å²) in [5.41, 5.74) is 0. The van der Waals surface area contributed by atoms with Crippen molar-refractivity contribution in [3.05, 3.63) is 24.3 Å². The summed E-state index contributed by atoms with van der Waals surface area (Å²) in [6, 6.07) is 0. The molecule has 0 bridgehead atoms. The van der Waals surface area contributed by atoms with Crippen LogP contribution in [0.4, 0.5) is 0 Å². The van der Waals surface area contributed by atoms with E-state index in [1.807, 2.05) is 6.08 Å². The first-order chi connectivity index (χ1) is 8.39. The molecule has 0 spiro atoms. The predicted molar refractivity (Wildman–Crippen MR) is 70.8 cm³/mol. The molecule has 0 aromatic rings. The Bertz CT molecular complexity index is 254. The maximum absolute atomic E-state index is 11.3. The molecule has 2 heteroatoms. The molecule has 0 radical (unpaired) electrons. The number of carbonyl (C=O) groups excluding carboxylic acids is 1. The van der Waals surface area contributed by atoms with Crippen molar-refractivity contribution in [2.24, 2.45) is 0 Å². The van der Waals surface area contributed by atoms with Gasteiger partial charge in [-0.15, -0.1) is 0 Å². The molecular weight excluding hydrogens is 212 g/mol. The molecule has 0 aliphatic carbocycles. The molecule has 0 saturated heterocycles. The maximum atomic E-state index is 11.3. The van der Waals surface area contributed by atoms with E-state index in [0.29, 0.717) is 6.61 Å². The van der Waals surface area contributed by atoms with Crippen molar-refractivity contribution in [1.82, 2.24) is 0 Å². The largest absolute Gasteiger partial charge is 0.463 e. The van der Waals surface area contributed by atoms with Crippen LogP contribution < -0.4 is 0 Å². The average Bonchev–Trinajstić information content (AvgIpc) is 2.32. The Morgan fingerprint density at radius 2 is 1.41 bits per heavy atom. The summed E-state index contributed by atoms with van der Waals surface area (Å²) in [6.07, 6.45) is 18.4. The Morgan fingerprint density at radius 3 is 2.29 bits per heavy atom. The number of esters is 1. The SMILES string of the molecule is O=C1/C=C/CCCC=CCCCCCCCO1. The van der Waals surface area contributed by atoms with Crippen LogP contribution in [0.1, 0.15) is 57.8 Å². The van der Waals surface area contributed by atoms with Gasteiger partial charge in [-0.05, 0) is 38.5 Å². The minimum Gasteiger partial charge on any atom is -0.463 e. The molecule has 1 rings (SSSR count). The number of cyclic esters (lactones) is 1. The molecule has 1 aliphatic rings. The van der Waals surface area contributed by atoms with Crippen LogP contribution in [0.25, 0.3) is 0 Å². The fourth-order valence-corrected chi connectivity index (χ4v) is 1.88. The van der Waals surface area contributed by atoms with Gasteiger partial charge in [0.25, 0.3) is 0 Å². The van der Waals surface area contributed by atoms with Crippen molar-refractivity contribution in [1.29, 1.82) is 0 Å². The molecule has 2 nitrogen and oxygen atoms in total. The molecule has 0 aromatic heterocycles. The second-order valence-electron chi connectivity index (χ2n) is 4.53. The van der Waals surface area contributed by atoms with Crippen molar-refractivity contribution in [3.63, 3.8) is 0 Å². The molecule has 0 aromatic carbocycles. The minimum atomic E-state index is -0.187. The first-order valence-electron chi connectivity index (χ1n) is 6.88. The van der Waals surface area contributed by atoms with E-state index in [9.17, 15) is 4.79 Å². The number of hydrogen-bond donors (Lipinski definition) is 0. The summed E-state index contributed by atoms with van der Waals surface area (Å²) >= 11 is 0. The van der Waals surface area contributed by atoms with Gasteiger partial charge < -0.3 is 4.74 Å². The Labute approximate surface area is 105 Å².